The van der Waals surface area contributed by atoms with Crippen LogP contribution >= 0.6 is 0 Å². The number of nitrogens with one attached hydrogen (secondary N) is 2. The van der Waals surface area contributed by atoms with Gasteiger partial charge in [0.1, 0.15) is 0 Å². The monoisotopic (exact) mass is 248 g/mol. The van der Waals surface area contributed by atoms with E-state index >= 15 is 0 Å². The summed E-state index contributed by atoms with van der Waals surface area (Å²) in [6, 6.07) is 5.14. The van der Waals surface area contributed by atoms with Crippen LogP contribution in [0.1, 0.15) is 28.8 Å². The van der Waals surface area contributed by atoms with Crippen molar-refractivity contribution >= 4 is 17.6 Å². The van der Waals surface area contributed by atoms with Gasteiger partial charge in [-0.25, -0.2) is 4.79 Å². The number of hydrogen-bond donors (Lipinski definition) is 3. The number of amides is 1. The second kappa shape index (κ2) is 5.18. The number of carboxylic acids is 1. The first-order chi connectivity index (χ1) is 8.56. The molecule has 3 N–H and O–H groups in total. The van der Waals surface area contributed by atoms with Crippen LogP contribution in [0.3, 0.4) is 0 Å². The van der Waals surface area contributed by atoms with Crippen molar-refractivity contribution in [3.8, 4) is 0 Å². The molecule has 0 saturated heterocycles. The molecule has 1 aliphatic rings. The second-order valence-electron chi connectivity index (χ2n) is 4.54. The maximum absolute atomic E-state index is 11.6. The molecular weight excluding hydrogens is 232 g/mol. The van der Waals surface area contributed by atoms with E-state index < -0.39 is 5.97 Å². The van der Waals surface area contributed by atoms with Gasteiger partial charge in [-0.05, 0) is 43.5 Å². The SMILES string of the molecule is Cc1cc(C(=O)O)ccc1NC(=O)CNC1CC1. The average molecular weight is 248 g/mol. The summed E-state index contributed by atoms with van der Waals surface area (Å²) in [5, 5.41) is 14.7. The average Bonchev–Trinajstić information content (AvgIpc) is 3.13. The lowest BCUT2D eigenvalue weighted by Gasteiger charge is -2.09. The quantitative estimate of drug-likeness (QED) is 0.735. The molecule has 18 heavy (non-hydrogen) atoms. The summed E-state index contributed by atoms with van der Waals surface area (Å²) in [6.45, 7) is 2.07. The molecular formula is C13H16N2O3. The van der Waals surface area contributed by atoms with E-state index in [1.165, 1.54) is 6.07 Å². The van der Waals surface area contributed by atoms with Gasteiger partial charge in [-0.3, -0.25) is 4.79 Å². The van der Waals surface area contributed by atoms with Gasteiger partial charge in [0.25, 0.3) is 0 Å². The fourth-order valence-electron chi connectivity index (χ4n) is 1.66. The van der Waals surface area contributed by atoms with Gasteiger partial charge in [0, 0.05) is 11.7 Å². The van der Waals surface area contributed by atoms with E-state index in [1.807, 2.05) is 0 Å². The molecule has 0 radical (unpaired) electrons. The van der Waals surface area contributed by atoms with E-state index in [0.29, 0.717) is 18.3 Å². The largest absolute Gasteiger partial charge is 0.478 e. The Hall–Kier alpha value is -1.88. The number of aromatic carboxylic acids is 1. The molecule has 0 heterocycles. The molecule has 1 aliphatic carbocycles. The van der Waals surface area contributed by atoms with Crippen LogP contribution in [-0.2, 0) is 4.79 Å². The summed E-state index contributed by atoms with van der Waals surface area (Å²) in [4.78, 5) is 22.4. The van der Waals surface area contributed by atoms with Crippen LogP contribution in [-0.4, -0.2) is 29.6 Å². The number of carbonyl (C=O) groups is 2. The lowest BCUT2D eigenvalue weighted by molar-refractivity contribution is -0.115. The molecule has 1 fully saturated rings. The summed E-state index contributed by atoms with van der Waals surface area (Å²) in [5.41, 5.74) is 1.62. The van der Waals surface area contributed by atoms with Gasteiger partial charge in [0.15, 0.2) is 0 Å². The molecule has 1 saturated carbocycles. The van der Waals surface area contributed by atoms with Crippen LogP contribution in [0, 0.1) is 6.92 Å². The molecule has 0 unspecified atom stereocenters. The number of rotatable bonds is 5. The summed E-state index contributed by atoms with van der Waals surface area (Å²) < 4.78 is 0. The molecule has 1 amide bonds. The zero-order valence-electron chi connectivity index (χ0n) is 10.2. The molecule has 0 aliphatic heterocycles. The van der Waals surface area contributed by atoms with Crippen molar-refractivity contribution in [2.75, 3.05) is 11.9 Å². The van der Waals surface area contributed by atoms with Crippen LogP contribution < -0.4 is 10.6 Å². The van der Waals surface area contributed by atoms with Crippen molar-refractivity contribution < 1.29 is 14.7 Å². The van der Waals surface area contributed by atoms with Gasteiger partial charge >= 0.3 is 5.97 Å². The van der Waals surface area contributed by atoms with Crippen molar-refractivity contribution in [1.82, 2.24) is 5.32 Å². The number of carboxylic acid groups (broad SMARTS) is 1. The number of aryl methyl sites for hydroxylation is 1. The number of benzene rings is 1. The third kappa shape index (κ3) is 3.30. The summed E-state index contributed by atoms with van der Waals surface area (Å²) in [7, 11) is 0. The maximum Gasteiger partial charge on any atom is 0.335 e. The molecule has 96 valence electrons. The third-order valence-corrected chi connectivity index (χ3v) is 2.88. The molecule has 5 nitrogen and oxygen atoms in total. The lowest BCUT2D eigenvalue weighted by atomic mass is 10.1. The molecule has 0 atom stereocenters. The van der Waals surface area contributed by atoms with Crippen molar-refractivity contribution in [1.29, 1.82) is 0 Å². The predicted octanol–water partition coefficient (Wildman–Crippen LogP) is 1.38. The smallest absolute Gasteiger partial charge is 0.335 e. The highest BCUT2D eigenvalue weighted by molar-refractivity contribution is 5.94. The van der Waals surface area contributed by atoms with Gasteiger partial charge in [0.2, 0.25) is 5.91 Å². The Kier molecular flexibility index (Phi) is 3.62. The fourth-order valence-corrected chi connectivity index (χ4v) is 1.66. The summed E-state index contributed by atoms with van der Waals surface area (Å²) in [5.74, 6) is -1.07. The zero-order chi connectivity index (χ0) is 13.1. The molecule has 0 spiro atoms. The minimum absolute atomic E-state index is 0.104. The van der Waals surface area contributed by atoms with Gasteiger partial charge in [-0.2, -0.15) is 0 Å². The Morgan fingerprint density at radius 2 is 2.11 bits per heavy atom. The Bertz CT molecular complexity index is 481. The molecule has 2 rings (SSSR count). The van der Waals surface area contributed by atoms with E-state index in [-0.39, 0.29) is 11.5 Å². The first kappa shape index (κ1) is 12.6. The first-order valence-electron chi connectivity index (χ1n) is 5.93. The molecule has 0 aromatic heterocycles. The normalized spacial score (nSPS) is 14.3. The highest BCUT2D eigenvalue weighted by atomic mass is 16.4. The Labute approximate surface area is 105 Å². The van der Waals surface area contributed by atoms with Crippen LogP contribution in [0.15, 0.2) is 18.2 Å². The van der Waals surface area contributed by atoms with Crippen molar-refractivity contribution in [2.45, 2.75) is 25.8 Å². The van der Waals surface area contributed by atoms with Crippen LogP contribution in [0.25, 0.3) is 0 Å². The van der Waals surface area contributed by atoms with Crippen molar-refractivity contribution in [2.24, 2.45) is 0 Å². The molecule has 1 aromatic carbocycles. The van der Waals surface area contributed by atoms with Gasteiger partial charge in [-0.15, -0.1) is 0 Å². The fraction of sp³-hybridized carbons (Fsp3) is 0.385. The molecule has 1 aromatic rings. The van der Waals surface area contributed by atoms with Crippen LogP contribution in [0.5, 0.6) is 0 Å². The molecule has 0 bridgehead atoms. The van der Waals surface area contributed by atoms with Crippen molar-refractivity contribution in [3.63, 3.8) is 0 Å². The Morgan fingerprint density at radius 3 is 2.67 bits per heavy atom. The van der Waals surface area contributed by atoms with Gasteiger partial charge in [-0.1, -0.05) is 0 Å². The Morgan fingerprint density at radius 1 is 1.39 bits per heavy atom. The standard InChI is InChI=1S/C13H16N2O3/c1-8-6-9(13(17)18)2-5-11(8)15-12(16)7-14-10-3-4-10/h2,5-6,10,14H,3-4,7H2,1H3,(H,15,16)(H,17,18). The highest BCUT2D eigenvalue weighted by Crippen LogP contribution is 2.19. The summed E-state index contributed by atoms with van der Waals surface area (Å²) >= 11 is 0. The Balaban J connectivity index is 1.95. The van der Waals surface area contributed by atoms with E-state index in [2.05, 4.69) is 10.6 Å². The summed E-state index contributed by atoms with van der Waals surface area (Å²) in [6.07, 6.45) is 2.28. The minimum atomic E-state index is -0.966. The number of carbonyl (C=O) groups excluding carboxylic acids is 1. The maximum atomic E-state index is 11.6. The third-order valence-electron chi connectivity index (χ3n) is 2.88. The first-order valence-corrected chi connectivity index (χ1v) is 5.93. The lowest BCUT2D eigenvalue weighted by Crippen LogP contribution is -2.29. The van der Waals surface area contributed by atoms with Crippen LogP contribution in [0.4, 0.5) is 5.69 Å². The highest BCUT2D eigenvalue weighted by Gasteiger charge is 2.21. The van der Waals surface area contributed by atoms with E-state index in [9.17, 15) is 9.59 Å². The van der Waals surface area contributed by atoms with Gasteiger partial charge < -0.3 is 15.7 Å². The predicted molar refractivity (Wildman–Crippen MR) is 67.8 cm³/mol. The second-order valence-corrected chi connectivity index (χ2v) is 4.54. The van der Waals surface area contributed by atoms with Crippen LogP contribution in [0.2, 0.25) is 0 Å². The topological polar surface area (TPSA) is 78.4 Å². The number of anilines is 1. The van der Waals surface area contributed by atoms with Crippen molar-refractivity contribution in [3.05, 3.63) is 29.3 Å². The zero-order valence-corrected chi connectivity index (χ0v) is 10.2. The number of hydrogen-bond acceptors (Lipinski definition) is 3. The van der Waals surface area contributed by atoms with E-state index in [1.54, 1.807) is 19.1 Å². The molecule has 5 heteroatoms. The van der Waals surface area contributed by atoms with E-state index in [0.717, 1.165) is 18.4 Å². The van der Waals surface area contributed by atoms with E-state index in [4.69, 9.17) is 5.11 Å². The van der Waals surface area contributed by atoms with Gasteiger partial charge in [0.05, 0.1) is 12.1 Å². The minimum Gasteiger partial charge on any atom is -0.478 e.